The highest BCUT2D eigenvalue weighted by atomic mass is 35.5. The smallest absolute Gasteiger partial charge is 0.244 e. The Labute approximate surface area is 186 Å². The van der Waals surface area contributed by atoms with E-state index in [4.69, 9.17) is 11.6 Å². The van der Waals surface area contributed by atoms with Crippen LogP contribution in [0.1, 0.15) is 18.9 Å². The summed E-state index contributed by atoms with van der Waals surface area (Å²) in [6.07, 6.45) is 1.28. The molecule has 0 heterocycles. The van der Waals surface area contributed by atoms with Crippen LogP contribution in [-0.2, 0) is 26.2 Å². The predicted octanol–water partition coefficient (Wildman–Crippen LogP) is 2.80. The van der Waals surface area contributed by atoms with Gasteiger partial charge in [-0.15, -0.1) is 0 Å². The second-order valence-electron chi connectivity index (χ2n) is 6.91. The molecule has 0 radical (unpaired) electrons. The summed E-state index contributed by atoms with van der Waals surface area (Å²) in [6.45, 7) is 1.20. The third-order valence-corrected chi connectivity index (χ3v) is 6.14. The zero-order valence-corrected chi connectivity index (χ0v) is 19.1. The van der Waals surface area contributed by atoms with E-state index in [9.17, 15) is 22.4 Å². The second-order valence-corrected chi connectivity index (χ2v) is 9.22. The van der Waals surface area contributed by atoms with Crippen LogP contribution in [-0.4, -0.2) is 51.0 Å². The molecule has 0 aliphatic heterocycles. The average molecular weight is 470 g/mol. The highest BCUT2D eigenvalue weighted by Gasteiger charge is 2.31. The lowest BCUT2D eigenvalue weighted by Crippen LogP contribution is -2.51. The number of hydrogen-bond donors (Lipinski definition) is 1. The molecule has 31 heavy (non-hydrogen) atoms. The number of nitrogens with zero attached hydrogens (tertiary/aromatic N) is 2. The summed E-state index contributed by atoms with van der Waals surface area (Å²) >= 11 is 6.16. The molecule has 0 saturated heterocycles. The van der Waals surface area contributed by atoms with Crippen molar-refractivity contribution in [3.8, 4) is 0 Å². The van der Waals surface area contributed by atoms with Crippen molar-refractivity contribution in [3.05, 3.63) is 64.9 Å². The maximum Gasteiger partial charge on any atom is 0.244 e. The van der Waals surface area contributed by atoms with Crippen molar-refractivity contribution in [3.63, 3.8) is 0 Å². The zero-order chi connectivity index (χ0) is 23.2. The Morgan fingerprint density at radius 1 is 1.13 bits per heavy atom. The highest BCUT2D eigenvalue weighted by Crippen LogP contribution is 2.27. The van der Waals surface area contributed by atoms with Crippen LogP contribution in [0.15, 0.2) is 48.5 Å². The molecule has 0 bridgehead atoms. The number of carbonyl (C=O) groups is 2. The molecule has 0 aliphatic rings. The lowest BCUT2D eigenvalue weighted by molar-refractivity contribution is -0.140. The van der Waals surface area contributed by atoms with Crippen LogP contribution in [0.4, 0.5) is 10.1 Å². The van der Waals surface area contributed by atoms with E-state index in [2.05, 4.69) is 5.32 Å². The molecule has 0 aliphatic carbocycles. The molecule has 0 aromatic heterocycles. The topological polar surface area (TPSA) is 86.8 Å². The molecule has 0 spiro atoms. The number of nitrogens with one attached hydrogen (secondary N) is 1. The molecule has 1 atom stereocenters. The molecule has 0 fully saturated rings. The molecule has 1 N–H and O–H groups in total. The first-order valence-electron chi connectivity index (χ1n) is 9.56. The van der Waals surface area contributed by atoms with E-state index in [0.717, 1.165) is 10.6 Å². The summed E-state index contributed by atoms with van der Waals surface area (Å²) in [7, 11) is -2.40. The van der Waals surface area contributed by atoms with Crippen molar-refractivity contribution in [2.45, 2.75) is 25.9 Å². The fourth-order valence-corrected chi connectivity index (χ4v) is 4.27. The molecule has 0 saturated carbocycles. The zero-order valence-electron chi connectivity index (χ0n) is 17.5. The Balaban J connectivity index is 2.43. The van der Waals surface area contributed by atoms with Gasteiger partial charge in [-0.1, -0.05) is 42.8 Å². The molecular weight excluding hydrogens is 445 g/mol. The van der Waals surface area contributed by atoms with Gasteiger partial charge >= 0.3 is 0 Å². The number of likely N-dealkylation sites (N-methyl/N-ethyl adjacent to an activating group) is 1. The van der Waals surface area contributed by atoms with Gasteiger partial charge in [0.05, 0.1) is 17.0 Å². The molecule has 10 heteroatoms. The summed E-state index contributed by atoms with van der Waals surface area (Å²) in [5, 5.41) is 2.70. The number of halogens is 2. The minimum absolute atomic E-state index is 0.00512. The van der Waals surface area contributed by atoms with Gasteiger partial charge in [0.1, 0.15) is 18.4 Å². The molecule has 2 aromatic carbocycles. The van der Waals surface area contributed by atoms with E-state index < -0.39 is 34.3 Å². The Kier molecular flexibility index (Phi) is 8.41. The highest BCUT2D eigenvalue weighted by molar-refractivity contribution is 7.92. The largest absolute Gasteiger partial charge is 0.357 e. The summed E-state index contributed by atoms with van der Waals surface area (Å²) < 4.78 is 39.1. The molecule has 0 unspecified atom stereocenters. The van der Waals surface area contributed by atoms with Crippen LogP contribution >= 0.6 is 11.6 Å². The minimum atomic E-state index is -3.85. The standard InChI is InChI=1S/C21H25ClFN3O4S/c1-4-18(21(28)24-2)25(13-15-9-11-16(23)12-10-15)20(27)14-26(31(3,29)30)19-8-6-5-7-17(19)22/h5-12,18H,4,13-14H2,1-3H3,(H,24,28)/t18-/m0/s1. The minimum Gasteiger partial charge on any atom is -0.357 e. The van der Waals surface area contributed by atoms with E-state index in [0.29, 0.717) is 12.0 Å². The first-order chi connectivity index (χ1) is 14.6. The average Bonchev–Trinajstić information content (AvgIpc) is 2.72. The van der Waals surface area contributed by atoms with Gasteiger partial charge in [-0.3, -0.25) is 13.9 Å². The summed E-state index contributed by atoms with van der Waals surface area (Å²) in [4.78, 5) is 27.0. The van der Waals surface area contributed by atoms with Crippen molar-refractivity contribution in [2.75, 3.05) is 24.2 Å². The normalized spacial score (nSPS) is 12.2. The molecule has 2 amide bonds. The van der Waals surface area contributed by atoms with Gasteiger partial charge in [0, 0.05) is 13.6 Å². The maximum absolute atomic E-state index is 13.3. The number of amides is 2. The van der Waals surface area contributed by atoms with Crippen LogP contribution in [0.5, 0.6) is 0 Å². The van der Waals surface area contributed by atoms with E-state index in [1.165, 1.54) is 48.3 Å². The van der Waals surface area contributed by atoms with Crippen molar-refractivity contribution < 1.29 is 22.4 Å². The summed E-state index contributed by atoms with van der Waals surface area (Å²) in [5.41, 5.74) is 0.760. The Morgan fingerprint density at radius 2 is 1.74 bits per heavy atom. The first-order valence-corrected chi connectivity index (χ1v) is 11.8. The van der Waals surface area contributed by atoms with E-state index in [1.807, 2.05) is 0 Å². The summed E-state index contributed by atoms with van der Waals surface area (Å²) in [6, 6.07) is 11.0. The Bertz CT molecular complexity index is 1030. The van der Waals surface area contributed by atoms with E-state index in [-0.39, 0.29) is 23.2 Å². The fourth-order valence-electron chi connectivity index (χ4n) is 3.12. The number of para-hydroxylation sites is 1. The molecule has 7 nitrogen and oxygen atoms in total. The molecule has 2 aromatic rings. The number of rotatable bonds is 9. The SMILES string of the molecule is CC[C@@H](C(=O)NC)N(Cc1ccc(F)cc1)C(=O)CN(c1ccccc1Cl)S(C)(=O)=O. The maximum atomic E-state index is 13.3. The van der Waals surface area contributed by atoms with Crippen molar-refractivity contribution in [1.82, 2.24) is 10.2 Å². The fraction of sp³-hybridized carbons (Fsp3) is 0.333. The molecule has 2 rings (SSSR count). The van der Waals surface area contributed by atoms with E-state index >= 15 is 0 Å². The van der Waals surface area contributed by atoms with Crippen molar-refractivity contribution in [2.24, 2.45) is 0 Å². The van der Waals surface area contributed by atoms with Gasteiger partial charge in [0.25, 0.3) is 0 Å². The van der Waals surface area contributed by atoms with Crippen molar-refractivity contribution >= 4 is 39.1 Å². The number of sulfonamides is 1. The van der Waals surface area contributed by atoms with Crippen molar-refractivity contribution in [1.29, 1.82) is 0 Å². The number of benzene rings is 2. The molecule has 168 valence electrons. The Hall–Kier alpha value is -2.65. The quantitative estimate of drug-likeness (QED) is 0.611. The van der Waals surface area contributed by atoms with Gasteiger partial charge in [0.2, 0.25) is 21.8 Å². The number of carbonyl (C=O) groups excluding carboxylic acids is 2. The van der Waals surface area contributed by atoms with Crippen LogP contribution < -0.4 is 9.62 Å². The first kappa shape index (κ1) is 24.6. The molecular formula is C21H25ClFN3O4S. The van der Waals surface area contributed by atoms with Crippen LogP contribution in [0.25, 0.3) is 0 Å². The summed E-state index contributed by atoms with van der Waals surface area (Å²) in [5.74, 6) is -1.41. The number of hydrogen-bond acceptors (Lipinski definition) is 4. The Morgan fingerprint density at radius 3 is 2.26 bits per heavy atom. The van der Waals surface area contributed by atoms with Gasteiger partial charge in [-0.05, 0) is 36.2 Å². The van der Waals surface area contributed by atoms with Crippen LogP contribution in [0.2, 0.25) is 5.02 Å². The van der Waals surface area contributed by atoms with Gasteiger partial charge in [-0.25, -0.2) is 12.8 Å². The second kappa shape index (κ2) is 10.6. The third kappa shape index (κ3) is 6.41. The van der Waals surface area contributed by atoms with Crippen LogP contribution in [0.3, 0.4) is 0 Å². The monoisotopic (exact) mass is 469 g/mol. The predicted molar refractivity (Wildman–Crippen MR) is 119 cm³/mol. The van der Waals surface area contributed by atoms with Gasteiger partial charge < -0.3 is 10.2 Å². The third-order valence-electron chi connectivity index (χ3n) is 4.70. The number of anilines is 1. The van der Waals surface area contributed by atoms with E-state index in [1.54, 1.807) is 19.1 Å². The van der Waals surface area contributed by atoms with Gasteiger partial charge in [-0.2, -0.15) is 0 Å². The lowest BCUT2D eigenvalue weighted by Gasteiger charge is -2.32. The van der Waals surface area contributed by atoms with Crippen LogP contribution in [0, 0.1) is 5.82 Å². The lowest BCUT2D eigenvalue weighted by atomic mass is 10.1. The van der Waals surface area contributed by atoms with Gasteiger partial charge in [0.15, 0.2) is 0 Å².